The SMILES string of the molecule is CC(=O)NC1CCCN(C(=O)c2csc(CN)n2)C1. The maximum Gasteiger partial charge on any atom is 0.273 e. The van der Waals surface area contributed by atoms with Crippen molar-refractivity contribution in [1.82, 2.24) is 15.2 Å². The Hall–Kier alpha value is -1.47. The average Bonchev–Trinajstić information content (AvgIpc) is 2.86. The fourth-order valence-corrected chi connectivity index (χ4v) is 2.88. The van der Waals surface area contributed by atoms with Gasteiger partial charge in [0.25, 0.3) is 5.91 Å². The number of thiazole rings is 1. The molecule has 1 aromatic heterocycles. The fraction of sp³-hybridized carbons (Fsp3) is 0.583. The van der Waals surface area contributed by atoms with Crippen molar-refractivity contribution in [2.75, 3.05) is 13.1 Å². The van der Waals surface area contributed by atoms with Crippen LogP contribution in [-0.2, 0) is 11.3 Å². The van der Waals surface area contributed by atoms with Gasteiger partial charge in [0.15, 0.2) is 0 Å². The van der Waals surface area contributed by atoms with Gasteiger partial charge in [-0.15, -0.1) is 11.3 Å². The van der Waals surface area contributed by atoms with Crippen molar-refractivity contribution in [3.63, 3.8) is 0 Å². The number of hydrogen-bond donors (Lipinski definition) is 2. The summed E-state index contributed by atoms with van der Waals surface area (Å²) in [4.78, 5) is 29.3. The van der Waals surface area contributed by atoms with Crippen molar-refractivity contribution in [1.29, 1.82) is 0 Å². The third kappa shape index (κ3) is 3.51. The van der Waals surface area contributed by atoms with Crippen molar-refractivity contribution in [2.45, 2.75) is 32.4 Å². The van der Waals surface area contributed by atoms with Crippen molar-refractivity contribution in [3.05, 3.63) is 16.1 Å². The number of aromatic nitrogens is 1. The van der Waals surface area contributed by atoms with Gasteiger partial charge in [0.2, 0.25) is 5.91 Å². The topological polar surface area (TPSA) is 88.3 Å². The molecule has 2 rings (SSSR count). The van der Waals surface area contributed by atoms with Gasteiger partial charge >= 0.3 is 0 Å². The molecule has 0 saturated carbocycles. The number of amides is 2. The summed E-state index contributed by atoms with van der Waals surface area (Å²) < 4.78 is 0. The van der Waals surface area contributed by atoms with Gasteiger partial charge in [0, 0.05) is 38.0 Å². The first kappa shape index (κ1) is 14.0. The van der Waals surface area contributed by atoms with Crippen molar-refractivity contribution in [3.8, 4) is 0 Å². The Bertz CT molecular complexity index is 474. The lowest BCUT2D eigenvalue weighted by molar-refractivity contribution is -0.120. The zero-order valence-electron chi connectivity index (χ0n) is 10.9. The molecule has 19 heavy (non-hydrogen) atoms. The molecule has 2 amide bonds. The molecule has 1 atom stereocenters. The van der Waals surface area contributed by atoms with E-state index in [-0.39, 0.29) is 17.9 Å². The molecule has 1 aliphatic rings. The highest BCUT2D eigenvalue weighted by atomic mass is 32.1. The van der Waals surface area contributed by atoms with E-state index >= 15 is 0 Å². The summed E-state index contributed by atoms with van der Waals surface area (Å²) in [5.41, 5.74) is 5.95. The van der Waals surface area contributed by atoms with Crippen LogP contribution >= 0.6 is 11.3 Å². The van der Waals surface area contributed by atoms with Gasteiger partial charge in [-0.25, -0.2) is 4.98 Å². The van der Waals surface area contributed by atoms with Crippen LogP contribution in [0.2, 0.25) is 0 Å². The van der Waals surface area contributed by atoms with E-state index in [1.807, 2.05) is 0 Å². The van der Waals surface area contributed by atoms with Crippen LogP contribution in [0.1, 0.15) is 35.3 Å². The number of piperidine rings is 1. The van der Waals surface area contributed by atoms with Gasteiger partial charge < -0.3 is 16.0 Å². The van der Waals surface area contributed by atoms with E-state index in [0.717, 1.165) is 17.8 Å². The Morgan fingerprint density at radius 3 is 3.05 bits per heavy atom. The molecule has 3 N–H and O–H groups in total. The number of carbonyl (C=O) groups is 2. The molecular formula is C12H18N4O2S. The van der Waals surface area contributed by atoms with Crippen LogP contribution in [0.4, 0.5) is 0 Å². The van der Waals surface area contributed by atoms with Crippen LogP contribution in [0.3, 0.4) is 0 Å². The summed E-state index contributed by atoms with van der Waals surface area (Å²) in [7, 11) is 0. The predicted octanol–water partition coefficient (Wildman–Crippen LogP) is 0.342. The Kier molecular flexibility index (Phi) is 4.49. The normalized spacial score (nSPS) is 19.3. The third-order valence-electron chi connectivity index (χ3n) is 3.06. The third-order valence-corrected chi connectivity index (χ3v) is 3.93. The number of likely N-dealkylation sites (tertiary alicyclic amines) is 1. The lowest BCUT2D eigenvalue weighted by atomic mass is 10.1. The highest BCUT2D eigenvalue weighted by molar-refractivity contribution is 7.09. The lowest BCUT2D eigenvalue weighted by Crippen LogP contribution is -2.49. The fourth-order valence-electron chi connectivity index (χ4n) is 2.23. The molecular weight excluding hydrogens is 264 g/mol. The summed E-state index contributed by atoms with van der Waals surface area (Å²) >= 11 is 1.40. The summed E-state index contributed by atoms with van der Waals surface area (Å²) in [6, 6.07) is 0.0443. The van der Waals surface area contributed by atoms with Crippen molar-refractivity contribution < 1.29 is 9.59 Å². The lowest BCUT2D eigenvalue weighted by Gasteiger charge is -2.32. The largest absolute Gasteiger partial charge is 0.352 e. The van der Waals surface area contributed by atoms with E-state index in [2.05, 4.69) is 10.3 Å². The van der Waals surface area contributed by atoms with Crippen molar-refractivity contribution in [2.24, 2.45) is 5.73 Å². The predicted molar refractivity (Wildman–Crippen MR) is 72.7 cm³/mol. The maximum atomic E-state index is 12.3. The van der Waals surface area contributed by atoms with E-state index in [4.69, 9.17) is 5.73 Å². The van der Waals surface area contributed by atoms with E-state index in [1.54, 1.807) is 10.3 Å². The number of nitrogens with two attached hydrogens (primary N) is 1. The van der Waals surface area contributed by atoms with Crippen LogP contribution in [0.25, 0.3) is 0 Å². The Morgan fingerprint density at radius 1 is 1.63 bits per heavy atom. The second-order valence-electron chi connectivity index (χ2n) is 4.62. The average molecular weight is 282 g/mol. The van der Waals surface area contributed by atoms with Gasteiger partial charge in [-0.1, -0.05) is 0 Å². The second kappa shape index (κ2) is 6.12. The van der Waals surface area contributed by atoms with Gasteiger partial charge in [-0.05, 0) is 12.8 Å². The Labute approximate surface area is 116 Å². The van der Waals surface area contributed by atoms with Crippen LogP contribution in [0.5, 0.6) is 0 Å². The quantitative estimate of drug-likeness (QED) is 0.837. The van der Waals surface area contributed by atoms with Gasteiger partial charge in [-0.3, -0.25) is 9.59 Å². The van der Waals surface area contributed by atoms with Gasteiger partial charge in [-0.2, -0.15) is 0 Å². The zero-order chi connectivity index (χ0) is 13.8. The zero-order valence-corrected chi connectivity index (χ0v) is 11.7. The number of nitrogens with one attached hydrogen (secondary N) is 1. The molecule has 1 saturated heterocycles. The maximum absolute atomic E-state index is 12.3. The number of carbonyl (C=O) groups excluding carboxylic acids is 2. The molecule has 2 heterocycles. The first-order valence-electron chi connectivity index (χ1n) is 6.31. The summed E-state index contributed by atoms with van der Waals surface area (Å²) in [5.74, 6) is -0.135. The van der Waals surface area contributed by atoms with Crippen LogP contribution in [0.15, 0.2) is 5.38 Å². The summed E-state index contributed by atoms with van der Waals surface area (Å²) in [6.07, 6.45) is 1.80. The molecule has 0 radical (unpaired) electrons. The summed E-state index contributed by atoms with van der Waals surface area (Å²) in [5, 5.41) is 5.37. The molecule has 1 aromatic rings. The molecule has 1 fully saturated rings. The number of hydrogen-bond acceptors (Lipinski definition) is 5. The minimum atomic E-state index is -0.0778. The van der Waals surface area contributed by atoms with Crippen molar-refractivity contribution >= 4 is 23.2 Å². The van der Waals surface area contributed by atoms with Crippen LogP contribution in [0, 0.1) is 0 Å². The highest BCUT2D eigenvalue weighted by Crippen LogP contribution is 2.16. The smallest absolute Gasteiger partial charge is 0.273 e. The minimum Gasteiger partial charge on any atom is -0.352 e. The van der Waals surface area contributed by atoms with Gasteiger partial charge in [0.05, 0.1) is 0 Å². The molecule has 0 spiro atoms. The molecule has 104 valence electrons. The Morgan fingerprint density at radius 2 is 2.42 bits per heavy atom. The van der Waals surface area contributed by atoms with Gasteiger partial charge in [0.1, 0.15) is 10.7 Å². The summed E-state index contributed by atoms with van der Waals surface area (Å²) in [6.45, 7) is 3.11. The minimum absolute atomic E-state index is 0.0443. The van der Waals surface area contributed by atoms with E-state index in [1.165, 1.54) is 18.3 Å². The molecule has 1 aliphatic heterocycles. The monoisotopic (exact) mass is 282 g/mol. The first-order valence-corrected chi connectivity index (χ1v) is 7.19. The van der Waals surface area contributed by atoms with Crippen LogP contribution in [-0.4, -0.2) is 40.8 Å². The second-order valence-corrected chi connectivity index (χ2v) is 5.56. The highest BCUT2D eigenvalue weighted by Gasteiger charge is 2.26. The standard InChI is InChI=1S/C12H18N4O2S/c1-8(17)14-9-3-2-4-16(6-9)12(18)10-7-19-11(5-13)15-10/h7,9H,2-6,13H2,1H3,(H,14,17). The molecule has 0 bridgehead atoms. The number of rotatable bonds is 3. The van der Waals surface area contributed by atoms with Crippen LogP contribution < -0.4 is 11.1 Å². The molecule has 0 aromatic carbocycles. The molecule has 7 heteroatoms. The molecule has 1 unspecified atom stereocenters. The van der Waals surface area contributed by atoms with E-state index in [9.17, 15) is 9.59 Å². The van der Waals surface area contributed by atoms with E-state index in [0.29, 0.717) is 25.3 Å². The molecule has 6 nitrogen and oxygen atoms in total. The first-order chi connectivity index (χ1) is 9.10. The van der Waals surface area contributed by atoms with E-state index < -0.39 is 0 Å². The number of nitrogens with zero attached hydrogens (tertiary/aromatic N) is 2. The molecule has 0 aliphatic carbocycles. The Balaban J connectivity index is 2.00.